The van der Waals surface area contributed by atoms with Crippen LogP contribution in [-0.4, -0.2) is 16.8 Å². The summed E-state index contributed by atoms with van der Waals surface area (Å²) < 4.78 is 0. The van der Waals surface area contributed by atoms with E-state index in [0.717, 1.165) is 5.56 Å². The first-order valence-corrected chi connectivity index (χ1v) is 5.05. The molecule has 1 amide bonds. The molecule has 1 rings (SSSR count). The lowest BCUT2D eigenvalue weighted by Gasteiger charge is -2.11. The molecule has 0 radical (unpaired) electrons. The van der Waals surface area contributed by atoms with E-state index in [9.17, 15) is 9.59 Å². The van der Waals surface area contributed by atoms with Crippen LogP contribution in [0.1, 0.15) is 18.9 Å². The van der Waals surface area contributed by atoms with E-state index >= 15 is 0 Å². The van der Waals surface area contributed by atoms with E-state index in [1.807, 2.05) is 0 Å². The Hall–Kier alpha value is -1.84. The first kappa shape index (κ1) is 12.2. The van der Waals surface area contributed by atoms with Crippen molar-refractivity contribution in [2.75, 3.05) is 0 Å². The SMILES string of the molecule is CC(=O)C(CC(N)=O)Cc1ccc(O)cc1. The van der Waals surface area contributed by atoms with Crippen LogP contribution in [0.2, 0.25) is 0 Å². The van der Waals surface area contributed by atoms with Crippen molar-refractivity contribution in [1.29, 1.82) is 0 Å². The molecule has 0 heterocycles. The minimum Gasteiger partial charge on any atom is -0.508 e. The Morgan fingerprint density at radius 3 is 2.31 bits per heavy atom. The van der Waals surface area contributed by atoms with Crippen molar-refractivity contribution in [3.63, 3.8) is 0 Å². The number of ketones is 1. The molecule has 1 unspecified atom stereocenters. The minimum atomic E-state index is -0.473. The fourth-order valence-corrected chi connectivity index (χ4v) is 1.52. The quantitative estimate of drug-likeness (QED) is 0.778. The maximum Gasteiger partial charge on any atom is 0.218 e. The number of hydrogen-bond acceptors (Lipinski definition) is 3. The lowest BCUT2D eigenvalue weighted by Crippen LogP contribution is -2.22. The first-order chi connectivity index (χ1) is 7.49. The van der Waals surface area contributed by atoms with Crippen LogP contribution in [0.5, 0.6) is 5.75 Å². The Bertz CT molecular complexity index is 384. The van der Waals surface area contributed by atoms with Crippen molar-refractivity contribution in [3.8, 4) is 5.75 Å². The fraction of sp³-hybridized carbons (Fsp3) is 0.333. The Labute approximate surface area is 94.1 Å². The third-order valence-corrected chi connectivity index (χ3v) is 2.44. The number of hydrogen-bond donors (Lipinski definition) is 2. The number of aromatic hydroxyl groups is 1. The molecule has 16 heavy (non-hydrogen) atoms. The molecular formula is C12H15NO3. The van der Waals surface area contributed by atoms with Gasteiger partial charge < -0.3 is 10.8 Å². The van der Waals surface area contributed by atoms with Crippen LogP contribution in [0.4, 0.5) is 0 Å². The van der Waals surface area contributed by atoms with Crippen molar-refractivity contribution in [2.24, 2.45) is 11.7 Å². The zero-order valence-corrected chi connectivity index (χ0v) is 9.14. The van der Waals surface area contributed by atoms with E-state index in [1.54, 1.807) is 24.3 Å². The molecule has 0 saturated carbocycles. The van der Waals surface area contributed by atoms with Crippen molar-refractivity contribution >= 4 is 11.7 Å². The summed E-state index contributed by atoms with van der Waals surface area (Å²) in [7, 11) is 0. The van der Waals surface area contributed by atoms with Crippen LogP contribution >= 0.6 is 0 Å². The lowest BCUT2D eigenvalue weighted by molar-refractivity contribution is -0.126. The number of Topliss-reactive ketones (excluding diaryl/α,β-unsaturated/α-hetero) is 1. The number of amides is 1. The number of phenols is 1. The van der Waals surface area contributed by atoms with E-state index in [-0.39, 0.29) is 23.9 Å². The van der Waals surface area contributed by atoms with Crippen molar-refractivity contribution in [2.45, 2.75) is 19.8 Å². The average molecular weight is 221 g/mol. The summed E-state index contributed by atoms with van der Waals surface area (Å²) >= 11 is 0. The molecule has 4 heteroatoms. The Morgan fingerprint density at radius 1 is 1.31 bits per heavy atom. The first-order valence-electron chi connectivity index (χ1n) is 5.05. The number of carbonyl (C=O) groups is 2. The van der Waals surface area contributed by atoms with E-state index in [4.69, 9.17) is 10.8 Å². The molecule has 1 aromatic rings. The van der Waals surface area contributed by atoms with E-state index < -0.39 is 5.91 Å². The molecule has 3 N–H and O–H groups in total. The summed E-state index contributed by atoms with van der Waals surface area (Å²) in [5.41, 5.74) is 5.98. The van der Waals surface area contributed by atoms with Crippen LogP contribution in [-0.2, 0) is 16.0 Å². The Balaban J connectivity index is 2.71. The highest BCUT2D eigenvalue weighted by Crippen LogP contribution is 2.16. The molecule has 0 aliphatic carbocycles. The molecule has 0 aromatic heterocycles. The van der Waals surface area contributed by atoms with Gasteiger partial charge in [-0.2, -0.15) is 0 Å². The van der Waals surface area contributed by atoms with Gasteiger partial charge in [0.05, 0.1) is 0 Å². The third kappa shape index (κ3) is 3.73. The molecule has 1 aromatic carbocycles. The number of benzene rings is 1. The van der Waals surface area contributed by atoms with Gasteiger partial charge in [-0.1, -0.05) is 12.1 Å². The van der Waals surface area contributed by atoms with Gasteiger partial charge >= 0.3 is 0 Å². The number of rotatable bonds is 5. The third-order valence-electron chi connectivity index (χ3n) is 2.44. The van der Waals surface area contributed by atoms with Gasteiger partial charge in [0.15, 0.2) is 0 Å². The summed E-state index contributed by atoms with van der Waals surface area (Å²) in [6, 6.07) is 6.56. The zero-order valence-electron chi connectivity index (χ0n) is 9.14. The number of nitrogens with two attached hydrogens (primary N) is 1. The summed E-state index contributed by atoms with van der Waals surface area (Å²) in [5, 5.41) is 9.10. The smallest absolute Gasteiger partial charge is 0.218 e. The molecule has 1 atom stereocenters. The predicted molar refractivity (Wildman–Crippen MR) is 59.8 cm³/mol. The normalized spacial score (nSPS) is 12.1. The lowest BCUT2D eigenvalue weighted by atomic mass is 9.92. The van der Waals surface area contributed by atoms with Crippen LogP contribution in [0.25, 0.3) is 0 Å². The molecule has 0 saturated heterocycles. The fourth-order valence-electron chi connectivity index (χ4n) is 1.52. The van der Waals surface area contributed by atoms with Gasteiger partial charge in [0.1, 0.15) is 11.5 Å². The van der Waals surface area contributed by atoms with E-state index in [2.05, 4.69) is 0 Å². The van der Waals surface area contributed by atoms with Crippen LogP contribution in [0.15, 0.2) is 24.3 Å². The highest BCUT2D eigenvalue weighted by Gasteiger charge is 2.17. The number of primary amides is 1. The van der Waals surface area contributed by atoms with Crippen molar-refractivity contribution < 1.29 is 14.7 Å². The van der Waals surface area contributed by atoms with Gasteiger partial charge in [-0.3, -0.25) is 9.59 Å². The molecule has 0 aliphatic heterocycles. The van der Waals surface area contributed by atoms with Crippen molar-refractivity contribution in [1.82, 2.24) is 0 Å². The van der Waals surface area contributed by atoms with Gasteiger partial charge in [-0.25, -0.2) is 0 Å². The predicted octanol–water partition coefficient (Wildman–Crippen LogP) is 1.02. The molecule has 0 aliphatic rings. The van der Waals surface area contributed by atoms with Gasteiger partial charge in [0.25, 0.3) is 0 Å². The minimum absolute atomic E-state index is 0.0492. The second-order valence-electron chi connectivity index (χ2n) is 3.85. The van der Waals surface area contributed by atoms with Crippen molar-refractivity contribution in [3.05, 3.63) is 29.8 Å². The average Bonchev–Trinajstić information content (AvgIpc) is 2.19. The molecule has 0 spiro atoms. The van der Waals surface area contributed by atoms with Gasteiger partial charge in [-0.05, 0) is 31.0 Å². The van der Waals surface area contributed by atoms with Crippen LogP contribution in [0, 0.1) is 5.92 Å². The molecule has 4 nitrogen and oxygen atoms in total. The summed E-state index contributed by atoms with van der Waals surface area (Å²) in [6.07, 6.45) is 0.536. The molecule has 0 bridgehead atoms. The van der Waals surface area contributed by atoms with Gasteiger partial charge in [0.2, 0.25) is 5.91 Å². The highest BCUT2D eigenvalue weighted by molar-refractivity contribution is 5.85. The standard InChI is InChI=1S/C12H15NO3/c1-8(14)10(7-12(13)16)6-9-2-4-11(15)5-3-9/h2-5,10,15H,6-7H2,1H3,(H2,13,16). The highest BCUT2D eigenvalue weighted by atomic mass is 16.3. The number of phenolic OH excluding ortho intramolecular Hbond substituents is 1. The monoisotopic (exact) mass is 221 g/mol. The summed E-state index contributed by atoms with van der Waals surface area (Å²) in [4.78, 5) is 22.1. The molecule has 0 fully saturated rings. The second-order valence-corrected chi connectivity index (χ2v) is 3.85. The van der Waals surface area contributed by atoms with E-state index in [1.165, 1.54) is 6.92 Å². The molecular weight excluding hydrogens is 206 g/mol. The Kier molecular flexibility index (Phi) is 4.05. The largest absolute Gasteiger partial charge is 0.508 e. The van der Waals surface area contributed by atoms with E-state index in [0.29, 0.717) is 6.42 Å². The Morgan fingerprint density at radius 2 is 1.88 bits per heavy atom. The van der Waals surface area contributed by atoms with Gasteiger partial charge in [-0.15, -0.1) is 0 Å². The zero-order chi connectivity index (χ0) is 12.1. The number of carbonyl (C=O) groups excluding carboxylic acids is 2. The summed E-state index contributed by atoms with van der Waals surface area (Å²) in [6.45, 7) is 1.45. The van der Waals surface area contributed by atoms with Crippen LogP contribution < -0.4 is 5.73 Å². The maximum absolute atomic E-state index is 11.3. The van der Waals surface area contributed by atoms with Crippen LogP contribution in [0.3, 0.4) is 0 Å². The second kappa shape index (κ2) is 5.30. The van der Waals surface area contributed by atoms with Gasteiger partial charge in [0, 0.05) is 12.3 Å². The topological polar surface area (TPSA) is 80.4 Å². The summed E-state index contributed by atoms with van der Waals surface area (Å²) in [5.74, 6) is -0.717. The molecule has 86 valence electrons. The maximum atomic E-state index is 11.3.